The largest absolute Gasteiger partial charge is 0.469 e. The maximum atomic E-state index is 5.32. The van der Waals surface area contributed by atoms with Crippen molar-refractivity contribution in [3.63, 3.8) is 0 Å². The van der Waals surface area contributed by atoms with E-state index in [1.807, 2.05) is 12.1 Å². The highest BCUT2D eigenvalue weighted by Gasteiger charge is 2.06. The van der Waals surface area contributed by atoms with E-state index in [4.69, 9.17) is 4.42 Å². The Morgan fingerprint density at radius 1 is 1.39 bits per heavy atom. The smallest absolute Gasteiger partial charge is 0.191 e. The molecule has 0 unspecified atom stereocenters. The topological polar surface area (TPSA) is 62.5 Å². The SMILES string of the molecule is CCNC(=NCc1csc(C(C)C)n1)NCCc1ccco1.I. The highest BCUT2D eigenvalue weighted by atomic mass is 127. The molecule has 2 rings (SSSR count). The molecule has 0 atom stereocenters. The third kappa shape index (κ3) is 6.90. The normalized spacial score (nSPS) is 11.4. The lowest BCUT2D eigenvalue weighted by atomic mass is 10.2. The number of thiazole rings is 1. The van der Waals surface area contributed by atoms with Crippen molar-refractivity contribution >= 4 is 41.3 Å². The molecular formula is C16H25IN4OS. The van der Waals surface area contributed by atoms with Crippen LogP contribution in [-0.4, -0.2) is 24.0 Å². The molecule has 0 bridgehead atoms. The molecule has 0 aliphatic heterocycles. The van der Waals surface area contributed by atoms with Crippen molar-refractivity contribution in [2.75, 3.05) is 13.1 Å². The van der Waals surface area contributed by atoms with Crippen LogP contribution < -0.4 is 10.6 Å². The van der Waals surface area contributed by atoms with Gasteiger partial charge < -0.3 is 15.1 Å². The molecule has 0 radical (unpaired) electrons. The van der Waals surface area contributed by atoms with E-state index in [1.165, 1.54) is 5.01 Å². The molecule has 0 spiro atoms. The van der Waals surface area contributed by atoms with E-state index >= 15 is 0 Å². The molecule has 128 valence electrons. The summed E-state index contributed by atoms with van der Waals surface area (Å²) in [5.74, 6) is 2.26. The molecule has 0 amide bonds. The molecule has 7 heteroatoms. The molecule has 23 heavy (non-hydrogen) atoms. The van der Waals surface area contributed by atoms with Crippen molar-refractivity contribution in [1.82, 2.24) is 15.6 Å². The number of aliphatic imine (C=N–C) groups is 1. The minimum Gasteiger partial charge on any atom is -0.469 e. The van der Waals surface area contributed by atoms with Gasteiger partial charge in [-0.3, -0.25) is 0 Å². The summed E-state index contributed by atoms with van der Waals surface area (Å²) in [6.07, 6.45) is 2.54. The summed E-state index contributed by atoms with van der Waals surface area (Å²) >= 11 is 1.71. The van der Waals surface area contributed by atoms with Crippen molar-refractivity contribution < 1.29 is 4.42 Å². The van der Waals surface area contributed by atoms with Crippen LogP contribution in [-0.2, 0) is 13.0 Å². The van der Waals surface area contributed by atoms with Crippen LogP contribution in [0, 0.1) is 0 Å². The first kappa shape index (κ1) is 20.0. The van der Waals surface area contributed by atoms with Crippen LogP contribution in [0.4, 0.5) is 0 Å². The highest BCUT2D eigenvalue weighted by molar-refractivity contribution is 14.0. The van der Waals surface area contributed by atoms with Gasteiger partial charge in [-0.2, -0.15) is 0 Å². The minimum atomic E-state index is 0. The van der Waals surface area contributed by atoms with Crippen molar-refractivity contribution in [1.29, 1.82) is 0 Å². The number of halogens is 1. The predicted molar refractivity (Wildman–Crippen MR) is 107 cm³/mol. The fourth-order valence-electron chi connectivity index (χ4n) is 1.92. The zero-order chi connectivity index (χ0) is 15.8. The molecule has 0 aliphatic rings. The van der Waals surface area contributed by atoms with Crippen LogP contribution in [0.3, 0.4) is 0 Å². The number of hydrogen-bond acceptors (Lipinski definition) is 4. The molecular weight excluding hydrogens is 423 g/mol. The predicted octanol–water partition coefficient (Wildman–Crippen LogP) is 3.78. The molecule has 0 saturated carbocycles. The zero-order valence-corrected chi connectivity index (χ0v) is 17.0. The standard InChI is InChI=1S/C16H24N4OS.HI/c1-4-17-16(18-8-7-14-6-5-9-21-14)19-10-13-11-22-15(20-13)12(2)3;/h5-6,9,11-12H,4,7-8,10H2,1-3H3,(H2,17,18,19);1H. The number of nitrogens with one attached hydrogen (secondary N) is 2. The minimum absolute atomic E-state index is 0. The average molecular weight is 448 g/mol. The van der Waals surface area contributed by atoms with Gasteiger partial charge in [0.2, 0.25) is 0 Å². The third-order valence-electron chi connectivity index (χ3n) is 3.05. The molecule has 2 aromatic heterocycles. The second-order valence-electron chi connectivity index (χ2n) is 5.28. The van der Waals surface area contributed by atoms with Crippen LogP contribution in [0.5, 0.6) is 0 Å². The number of hydrogen-bond donors (Lipinski definition) is 2. The van der Waals surface area contributed by atoms with Gasteiger partial charge in [0.05, 0.1) is 23.5 Å². The van der Waals surface area contributed by atoms with Crippen molar-refractivity contribution in [3.8, 4) is 0 Å². The number of furan rings is 1. The monoisotopic (exact) mass is 448 g/mol. The van der Waals surface area contributed by atoms with Crippen LogP contribution in [0.15, 0.2) is 33.2 Å². The molecule has 0 fully saturated rings. The van der Waals surface area contributed by atoms with Gasteiger partial charge in [-0.05, 0) is 19.1 Å². The molecule has 2 aromatic rings. The Morgan fingerprint density at radius 2 is 2.22 bits per heavy atom. The van der Waals surface area contributed by atoms with Gasteiger partial charge in [-0.25, -0.2) is 9.98 Å². The van der Waals surface area contributed by atoms with Crippen LogP contribution >= 0.6 is 35.3 Å². The summed E-state index contributed by atoms with van der Waals surface area (Å²) in [5.41, 5.74) is 1.02. The van der Waals surface area contributed by atoms with E-state index in [1.54, 1.807) is 17.6 Å². The van der Waals surface area contributed by atoms with E-state index in [0.29, 0.717) is 12.5 Å². The average Bonchev–Trinajstić information content (AvgIpc) is 3.16. The Hall–Kier alpha value is -1.09. The lowest BCUT2D eigenvalue weighted by Gasteiger charge is -2.10. The fraction of sp³-hybridized carbons (Fsp3) is 0.500. The molecule has 5 nitrogen and oxygen atoms in total. The first-order valence-electron chi connectivity index (χ1n) is 7.68. The van der Waals surface area contributed by atoms with Gasteiger partial charge in [0, 0.05) is 30.8 Å². The van der Waals surface area contributed by atoms with Crippen LogP contribution in [0.2, 0.25) is 0 Å². The molecule has 2 heterocycles. The van der Waals surface area contributed by atoms with Gasteiger partial charge in [0.1, 0.15) is 5.76 Å². The van der Waals surface area contributed by atoms with Crippen molar-refractivity contribution in [2.24, 2.45) is 4.99 Å². The van der Waals surface area contributed by atoms with Gasteiger partial charge in [0.25, 0.3) is 0 Å². The molecule has 0 aliphatic carbocycles. The van der Waals surface area contributed by atoms with E-state index in [2.05, 4.69) is 46.8 Å². The Kier molecular flexibility index (Phi) is 9.23. The second-order valence-corrected chi connectivity index (χ2v) is 6.17. The van der Waals surface area contributed by atoms with E-state index in [9.17, 15) is 0 Å². The summed E-state index contributed by atoms with van der Waals surface area (Å²) in [4.78, 5) is 9.19. The van der Waals surface area contributed by atoms with E-state index < -0.39 is 0 Å². The summed E-state index contributed by atoms with van der Waals surface area (Å²) < 4.78 is 5.32. The van der Waals surface area contributed by atoms with Gasteiger partial charge in [-0.15, -0.1) is 35.3 Å². The van der Waals surface area contributed by atoms with Gasteiger partial charge in [0.15, 0.2) is 5.96 Å². The summed E-state index contributed by atoms with van der Waals surface area (Å²) in [6, 6.07) is 3.89. The maximum Gasteiger partial charge on any atom is 0.191 e. The Labute approximate surface area is 159 Å². The Bertz CT molecular complexity index is 581. The maximum absolute atomic E-state index is 5.32. The van der Waals surface area contributed by atoms with Gasteiger partial charge >= 0.3 is 0 Å². The summed E-state index contributed by atoms with van der Waals surface area (Å²) in [6.45, 7) is 8.59. The van der Waals surface area contributed by atoms with Crippen LogP contribution in [0.1, 0.15) is 43.2 Å². The Balaban J connectivity index is 0.00000264. The quantitative estimate of drug-likeness (QED) is 0.385. The zero-order valence-electron chi connectivity index (χ0n) is 13.8. The molecule has 2 N–H and O–H groups in total. The number of nitrogens with zero attached hydrogens (tertiary/aromatic N) is 2. The number of aromatic nitrogens is 1. The lowest BCUT2D eigenvalue weighted by molar-refractivity contribution is 0.507. The second kappa shape index (κ2) is 10.6. The Morgan fingerprint density at radius 3 is 2.83 bits per heavy atom. The third-order valence-corrected chi connectivity index (χ3v) is 4.24. The summed E-state index contributed by atoms with van der Waals surface area (Å²) in [7, 11) is 0. The first-order valence-corrected chi connectivity index (χ1v) is 8.56. The van der Waals surface area contributed by atoms with E-state index in [-0.39, 0.29) is 24.0 Å². The van der Waals surface area contributed by atoms with Crippen molar-refractivity contribution in [2.45, 2.75) is 39.7 Å². The molecule has 0 aromatic carbocycles. The lowest BCUT2D eigenvalue weighted by Crippen LogP contribution is -2.38. The number of rotatable bonds is 7. The van der Waals surface area contributed by atoms with Crippen LogP contribution in [0.25, 0.3) is 0 Å². The summed E-state index contributed by atoms with van der Waals surface area (Å²) in [5, 5.41) is 9.82. The highest BCUT2D eigenvalue weighted by Crippen LogP contribution is 2.19. The fourth-order valence-corrected chi connectivity index (χ4v) is 2.75. The number of guanidine groups is 1. The van der Waals surface area contributed by atoms with Crippen molar-refractivity contribution in [3.05, 3.63) is 40.2 Å². The van der Waals surface area contributed by atoms with E-state index in [0.717, 1.165) is 36.9 Å². The first-order chi connectivity index (χ1) is 10.7. The molecule has 0 saturated heterocycles. The van der Waals surface area contributed by atoms with Gasteiger partial charge in [-0.1, -0.05) is 13.8 Å².